The van der Waals surface area contributed by atoms with Gasteiger partial charge < -0.3 is 9.64 Å². The predicted molar refractivity (Wildman–Crippen MR) is 92.4 cm³/mol. The summed E-state index contributed by atoms with van der Waals surface area (Å²) in [6.45, 7) is 2.06. The molecule has 2 aliphatic heterocycles. The summed E-state index contributed by atoms with van der Waals surface area (Å²) >= 11 is 6.20. The largest absolute Gasteiger partial charge is 0.444 e. The van der Waals surface area contributed by atoms with Crippen LogP contribution >= 0.6 is 11.6 Å². The summed E-state index contributed by atoms with van der Waals surface area (Å²) in [5.41, 5.74) is 0.335. The van der Waals surface area contributed by atoms with Crippen LogP contribution < -0.4 is 4.90 Å². The molecule has 0 spiro atoms. The number of benzene rings is 1. The average Bonchev–Trinajstić information content (AvgIpc) is 2.78. The lowest BCUT2D eigenvalue weighted by atomic mass is 10.1. The molecule has 0 amide bonds. The molecular weight excluding hydrogens is 366 g/mol. The predicted octanol–water partition coefficient (Wildman–Crippen LogP) is 2.89. The molecule has 0 aliphatic carbocycles. The van der Waals surface area contributed by atoms with Crippen LogP contribution in [0.1, 0.15) is 43.0 Å². The SMILES string of the molecule is C[C@H](C#N)OC(=O)c1cc2c(cc1Cl)N1CCCCCC1=NS2(=O)=O. The molecule has 0 aromatic heterocycles. The normalized spacial score (nSPS) is 19.6. The van der Waals surface area contributed by atoms with Gasteiger partial charge in [-0.25, -0.2) is 4.79 Å². The summed E-state index contributed by atoms with van der Waals surface area (Å²) in [5, 5.41) is 8.83. The minimum atomic E-state index is -3.92. The molecule has 9 heteroatoms. The average molecular weight is 382 g/mol. The number of carbonyl (C=O) groups is 1. The first kappa shape index (κ1) is 17.7. The topological polar surface area (TPSA) is 99.8 Å². The van der Waals surface area contributed by atoms with Gasteiger partial charge in [0.25, 0.3) is 10.0 Å². The van der Waals surface area contributed by atoms with Crippen LogP contribution in [0, 0.1) is 11.3 Å². The van der Waals surface area contributed by atoms with E-state index >= 15 is 0 Å². The number of rotatable bonds is 2. The zero-order valence-corrected chi connectivity index (χ0v) is 15.1. The third kappa shape index (κ3) is 3.34. The Morgan fingerprint density at radius 2 is 2.16 bits per heavy atom. The monoisotopic (exact) mass is 381 g/mol. The van der Waals surface area contributed by atoms with Gasteiger partial charge in [0.05, 0.1) is 16.3 Å². The number of ether oxygens (including phenoxy) is 1. The summed E-state index contributed by atoms with van der Waals surface area (Å²) in [4.78, 5) is 13.9. The summed E-state index contributed by atoms with van der Waals surface area (Å²) in [6, 6.07) is 4.42. The number of carbonyl (C=O) groups excluding carboxylic acids is 1. The van der Waals surface area contributed by atoms with Gasteiger partial charge in [0.1, 0.15) is 16.8 Å². The van der Waals surface area contributed by atoms with Crippen LogP contribution in [0.5, 0.6) is 0 Å². The number of sulfonamides is 1. The van der Waals surface area contributed by atoms with Crippen molar-refractivity contribution in [1.29, 1.82) is 5.26 Å². The molecule has 3 rings (SSSR count). The lowest BCUT2D eigenvalue weighted by molar-refractivity contribution is 0.0435. The van der Waals surface area contributed by atoms with E-state index in [4.69, 9.17) is 21.6 Å². The molecule has 132 valence electrons. The summed E-state index contributed by atoms with van der Waals surface area (Å²) in [7, 11) is -3.92. The van der Waals surface area contributed by atoms with Crippen molar-refractivity contribution in [3.05, 3.63) is 22.7 Å². The zero-order valence-electron chi connectivity index (χ0n) is 13.5. The minimum Gasteiger partial charge on any atom is -0.444 e. The van der Waals surface area contributed by atoms with Crippen molar-refractivity contribution in [3.63, 3.8) is 0 Å². The van der Waals surface area contributed by atoms with Crippen molar-refractivity contribution in [3.8, 4) is 6.07 Å². The quantitative estimate of drug-likeness (QED) is 0.730. The van der Waals surface area contributed by atoms with Crippen molar-refractivity contribution in [2.24, 2.45) is 4.40 Å². The van der Waals surface area contributed by atoms with Crippen molar-refractivity contribution >= 4 is 39.1 Å². The molecule has 0 unspecified atom stereocenters. The lowest BCUT2D eigenvalue weighted by Gasteiger charge is -2.30. The van der Waals surface area contributed by atoms with Gasteiger partial charge in [-0.2, -0.15) is 13.7 Å². The van der Waals surface area contributed by atoms with Gasteiger partial charge >= 0.3 is 5.97 Å². The van der Waals surface area contributed by atoms with Gasteiger partial charge in [0.2, 0.25) is 0 Å². The second-order valence-corrected chi connectivity index (χ2v) is 7.90. The Balaban J connectivity index is 2.09. The fourth-order valence-electron chi connectivity index (χ4n) is 2.90. The van der Waals surface area contributed by atoms with Gasteiger partial charge in [-0.15, -0.1) is 4.40 Å². The highest BCUT2D eigenvalue weighted by atomic mass is 35.5. The Morgan fingerprint density at radius 1 is 1.40 bits per heavy atom. The molecule has 1 atom stereocenters. The van der Waals surface area contributed by atoms with E-state index in [1.54, 1.807) is 6.07 Å². The molecule has 25 heavy (non-hydrogen) atoms. The minimum absolute atomic E-state index is 0.0703. The number of fused-ring (bicyclic) bond motifs is 3. The van der Waals surface area contributed by atoms with E-state index in [9.17, 15) is 13.2 Å². The fourth-order valence-corrected chi connectivity index (χ4v) is 4.40. The van der Waals surface area contributed by atoms with Crippen LogP contribution in [0.15, 0.2) is 21.4 Å². The van der Waals surface area contributed by atoms with Crippen LogP contribution in [0.3, 0.4) is 0 Å². The van der Waals surface area contributed by atoms with Gasteiger partial charge in [-0.1, -0.05) is 18.0 Å². The molecule has 0 N–H and O–H groups in total. The van der Waals surface area contributed by atoms with Crippen molar-refractivity contribution in [1.82, 2.24) is 0 Å². The van der Waals surface area contributed by atoms with Gasteiger partial charge in [-0.05, 0) is 31.9 Å². The maximum absolute atomic E-state index is 12.5. The Kier molecular flexibility index (Phi) is 4.71. The number of amidine groups is 1. The first-order valence-corrected chi connectivity index (χ1v) is 9.71. The number of nitrogens with zero attached hydrogens (tertiary/aromatic N) is 3. The van der Waals surface area contributed by atoms with Gasteiger partial charge in [-0.3, -0.25) is 0 Å². The zero-order chi connectivity index (χ0) is 18.2. The van der Waals surface area contributed by atoms with E-state index in [1.807, 2.05) is 4.90 Å². The second kappa shape index (κ2) is 6.65. The number of esters is 1. The Hall–Kier alpha value is -2.11. The first-order valence-electron chi connectivity index (χ1n) is 7.89. The maximum atomic E-state index is 12.5. The van der Waals surface area contributed by atoms with Gasteiger partial charge in [0.15, 0.2) is 6.10 Å². The molecule has 7 nitrogen and oxygen atoms in total. The highest BCUT2D eigenvalue weighted by Crippen LogP contribution is 2.38. The summed E-state index contributed by atoms with van der Waals surface area (Å²) in [5.74, 6) is -0.336. The van der Waals surface area contributed by atoms with E-state index in [1.165, 1.54) is 19.1 Å². The van der Waals surface area contributed by atoms with Crippen LogP contribution in [-0.2, 0) is 14.8 Å². The Labute approximate surface area is 150 Å². The molecule has 0 radical (unpaired) electrons. The molecule has 1 aromatic rings. The molecule has 0 bridgehead atoms. The fraction of sp³-hybridized carbons (Fsp3) is 0.438. The highest BCUT2D eigenvalue weighted by molar-refractivity contribution is 7.90. The van der Waals surface area contributed by atoms with E-state index in [2.05, 4.69) is 4.40 Å². The third-order valence-electron chi connectivity index (χ3n) is 4.12. The third-order valence-corrected chi connectivity index (χ3v) is 5.77. The van der Waals surface area contributed by atoms with Crippen LogP contribution in [0.2, 0.25) is 5.02 Å². The lowest BCUT2D eigenvalue weighted by Crippen LogP contribution is -2.35. The molecule has 2 aliphatic rings. The van der Waals surface area contributed by atoms with Crippen molar-refractivity contribution in [2.45, 2.75) is 43.6 Å². The number of hydrogen-bond donors (Lipinski definition) is 0. The highest BCUT2D eigenvalue weighted by Gasteiger charge is 2.33. The molecular formula is C16H16ClN3O4S. The van der Waals surface area contributed by atoms with E-state index in [0.717, 1.165) is 19.3 Å². The number of hydrogen-bond acceptors (Lipinski definition) is 6. The number of anilines is 1. The number of halogens is 1. The molecule has 0 saturated carbocycles. The van der Waals surface area contributed by atoms with Crippen LogP contribution in [0.4, 0.5) is 5.69 Å². The summed E-state index contributed by atoms with van der Waals surface area (Å²) in [6.07, 6.45) is 2.41. The maximum Gasteiger partial charge on any atom is 0.341 e. The van der Waals surface area contributed by atoms with Crippen molar-refractivity contribution < 1.29 is 17.9 Å². The first-order chi connectivity index (χ1) is 11.8. The molecule has 1 aromatic carbocycles. The Bertz CT molecular complexity index is 905. The van der Waals surface area contributed by atoms with Gasteiger partial charge in [0, 0.05) is 13.0 Å². The molecule has 1 saturated heterocycles. The number of nitriles is 1. The van der Waals surface area contributed by atoms with Crippen LogP contribution in [-0.4, -0.2) is 32.9 Å². The van der Waals surface area contributed by atoms with E-state index in [0.29, 0.717) is 24.5 Å². The standard InChI is InChI=1S/C16H16ClN3O4S/c1-10(9-18)24-16(21)11-7-14-13(8-12(11)17)20-6-4-2-3-5-15(20)19-25(14,22)23/h7-8,10H,2-6H2,1H3/t10-/m1/s1. The Morgan fingerprint density at radius 3 is 2.88 bits per heavy atom. The van der Waals surface area contributed by atoms with E-state index < -0.39 is 22.1 Å². The molecule has 2 heterocycles. The van der Waals surface area contributed by atoms with E-state index in [-0.39, 0.29) is 15.5 Å². The molecule has 1 fully saturated rings. The summed E-state index contributed by atoms with van der Waals surface area (Å²) < 4.78 is 33.9. The van der Waals surface area contributed by atoms with Crippen LogP contribution in [0.25, 0.3) is 0 Å². The van der Waals surface area contributed by atoms with Crippen molar-refractivity contribution in [2.75, 3.05) is 11.4 Å². The smallest absolute Gasteiger partial charge is 0.341 e. The second-order valence-electron chi connectivity index (χ2n) is 5.92.